The lowest BCUT2D eigenvalue weighted by Gasteiger charge is -2.18. The third kappa shape index (κ3) is 3.11. The van der Waals surface area contributed by atoms with Crippen LogP contribution in [0.2, 0.25) is 5.15 Å². The first-order valence-electron chi connectivity index (χ1n) is 6.07. The Balaban J connectivity index is 2.47. The lowest BCUT2D eigenvalue weighted by Crippen LogP contribution is -2.14. The van der Waals surface area contributed by atoms with E-state index in [1.54, 1.807) is 18.2 Å². The third-order valence-corrected chi connectivity index (χ3v) is 2.99. The van der Waals surface area contributed by atoms with Gasteiger partial charge in [-0.2, -0.15) is 0 Å². The number of aromatic nitrogens is 2. The molecule has 0 aliphatic heterocycles. The molecule has 0 saturated heterocycles. The lowest BCUT2D eigenvalue weighted by atomic mass is 9.92. The zero-order chi connectivity index (χ0) is 14.9. The van der Waals surface area contributed by atoms with Crippen LogP contribution in [0, 0.1) is 10.1 Å². The maximum Gasteiger partial charge on any atom is 0.269 e. The summed E-state index contributed by atoms with van der Waals surface area (Å²) in [6.45, 7) is 6.10. The number of non-ortho nitro benzene ring substituents is 1. The van der Waals surface area contributed by atoms with Crippen LogP contribution in [0.15, 0.2) is 30.3 Å². The van der Waals surface area contributed by atoms with Crippen LogP contribution in [-0.2, 0) is 5.41 Å². The molecule has 0 fully saturated rings. The summed E-state index contributed by atoms with van der Waals surface area (Å²) in [6, 6.07) is 7.83. The molecular formula is C14H14ClN3O2. The molecule has 2 rings (SSSR count). The lowest BCUT2D eigenvalue weighted by molar-refractivity contribution is -0.384. The second kappa shape index (κ2) is 5.17. The van der Waals surface area contributed by atoms with Gasteiger partial charge in [0.1, 0.15) is 5.15 Å². The minimum Gasteiger partial charge on any atom is -0.258 e. The average Bonchev–Trinajstić information content (AvgIpc) is 2.37. The first-order valence-corrected chi connectivity index (χ1v) is 6.45. The molecule has 0 unspecified atom stereocenters. The monoisotopic (exact) mass is 291 g/mol. The summed E-state index contributed by atoms with van der Waals surface area (Å²) in [4.78, 5) is 18.9. The maximum absolute atomic E-state index is 10.6. The summed E-state index contributed by atoms with van der Waals surface area (Å²) in [5, 5.41) is 11.0. The number of rotatable bonds is 2. The van der Waals surface area contributed by atoms with E-state index in [1.165, 1.54) is 12.1 Å². The molecule has 6 heteroatoms. The number of benzene rings is 1. The standard InChI is InChI=1S/C14H14ClN3O2/c1-14(2,3)11-8-12(15)17-13(16-11)9-4-6-10(7-5-9)18(19)20/h4-8H,1-3H3. The number of nitro groups is 1. The fourth-order valence-corrected chi connectivity index (χ4v) is 1.85. The maximum atomic E-state index is 10.6. The van der Waals surface area contributed by atoms with Crippen LogP contribution in [0.25, 0.3) is 11.4 Å². The zero-order valence-corrected chi connectivity index (χ0v) is 12.2. The first kappa shape index (κ1) is 14.4. The van der Waals surface area contributed by atoms with Gasteiger partial charge in [-0.15, -0.1) is 0 Å². The van der Waals surface area contributed by atoms with Gasteiger partial charge in [-0.05, 0) is 18.2 Å². The van der Waals surface area contributed by atoms with E-state index < -0.39 is 4.92 Å². The van der Waals surface area contributed by atoms with Crippen molar-refractivity contribution < 1.29 is 4.92 Å². The molecule has 0 radical (unpaired) electrons. The zero-order valence-electron chi connectivity index (χ0n) is 11.4. The highest BCUT2D eigenvalue weighted by Gasteiger charge is 2.18. The molecule has 0 aliphatic carbocycles. The highest BCUT2D eigenvalue weighted by Crippen LogP contribution is 2.26. The number of hydrogen-bond donors (Lipinski definition) is 0. The largest absolute Gasteiger partial charge is 0.269 e. The van der Waals surface area contributed by atoms with E-state index >= 15 is 0 Å². The highest BCUT2D eigenvalue weighted by atomic mass is 35.5. The van der Waals surface area contributed by atoms with Crippen molar-refractivity contribution in [3.8, 4) is 11.4 Å². The van der Waals surface area contributed by atoms with Gasteiger partial charge in [0.2, 0.25) is 0 Å². The Bertz CT molecular complexity index is 648. The number of nitro benzene ring substituents is 1. The van der Waals surface area contributed by atoms with Crippen molar-refractivity contribution in [2.24, 2.45) is 0 Å². The third-order valence-electron chi connectivity index (χ3n) is 2.80. The predicted molar refractivity (Wildman–Crippen MR) is 77.8 cm³/mol. The summed E-state index contributed by atoms with van der Waals surface area (Å²) >= 11 is 6.03. The second-order valence-corrected chi connectivity index (χ2v) is 5.84. The van der Waals surface area contributed by atoms with Crippen molar-refractivity contribution in [1.82, 2.24) is 9.97 Å². The molecule has 0 saturated carbocycles. The van der Waals surface area contributed by atoms with Crippen molar-refractivity contribution in [1.29, 1.82) is 0 Å². The summed E-state index contributed by atoms with van der Waals surface area (Å²) in [5.74, 6) is 0.470. The molecule has 20 heavy (non-hydrogen) atoms. The Morgan fingerprint density at radius 1 is 1.15 bits per heavy atom. The molecule has 5 nitrogen and oxygen atoms in total. The SMILES string of the molecule is CC(C)(C)c1cc(Cl)nc(-c2ccc([N+](=O)[O-])cc2)n1. The molecule has 0 amide bonds. The molecule has 1 aromatic heterocycles. The van der Waals surface area contributed by atoms with E-state index in [9.17, 15) is 10.1 Å². The number of hydrogen-bond acceptors (Lipinski definition) is 4. The van der Waals surface area contributed by atoms with E-state index in [0.29, 0.717) is 16.5 Å². The van der Waals surface area contributed by atoms with Crippen LogP contribution >= 0.6 is 11.6 Å². The number of halogens is 1. The second-order valence-electron chi connectivity index (χ2n) is 5.45. The van der Waals surface area contributed by atoms with E-state index in [1.807, 2.05) is 20.8 Å². The van der Waals surface area contributed by atoms with Crippen molar-refractivity contribution in [2.75, 3.05) is 0 Å². The van der Waals surface area contributed by atoms with Crippen LogP contribution in [0.3, 0.4) is 0 Å². The quantitative estimate of drug-likeness (QED) is 0.476. The molecule has 0 spiro atoms. The molecule has 0 bridgehead atoms. The van der Waals surface area contributed by atoms with Crippen molar-refractivity contribution in [3.05, 3.63) is 51.3 Å². The Labute approximate surface area is 121 Å². The van der Waals surface area contributed by atoms with Gasteiger partial charge in [0.25, 0.3) is 5.69 Å². The average molecular weight is 292 g/mol. The van der Waals surface area contributed by atoms with Crippen LogP contribution in [0.1, 0.15) is 26.5 Å². The summed E-state index contributed by atoms with van der Waals surface area (Å²) < 4.78 is 0. The van der Waals surface area contributed by atoms with Crippen molar-refractivity contribution >= 4 is 17.3 Å². The van der Waals surface area contributed by atoms with Crippen molar-refractivity contribution in [2.45, 2.75) is 26.2 Å². The van der Waals surface area contributed by atoms with Crippen LogP contribution in [0.4, 0.5) is 5.69 Å². The molecule has 1 heterocycles. The first-order chi connectivity index (χ1) is 9.27. The minimum atomic E-state index is -0.441. The van der Waals surface area contributed by atoms with Gasteiger partial charge in [0, 0.05) is 23.1 Å². The van der Waals surface area contributed by atoms with Gasteiger partial charge in [0.15, 0.2) is 5.82 Å². The minimum absolute atomic E-state index is 0.0341. The normalized spacial score (nSPS) is 11.4. The van der Waals surface area contributed by atoms with Gasteiger partial charge >= 0.3 is 0 Å². The Morgan fingerprint density at radius 3 is 2.25 bits per heavy atom. The van der Waals surface area contributed by atoms with E-state index in [4.69, 9.17) is 11.6 Å². The topological polar surface area (TPSA) is 68.9 Å². The molecule has 0 N–H and O–H groups in total. The van der Waals surface area contributed by atoms with Crippen LogP contribution < -0.4 is 0 Å². The summed E-state index contributed by atoms with van der Waals surface area (Å²) in [7, 11) is 0. The van der Waals surface area contributed by atoms with Gasteiger partial charge < -0.3 is 0 Å². The highest BCUT2D eigenvalue weighted by molar-refractivity contribution is 6.29. The van der Waals surface area contributed by atoms with Gasteiger partial charge in [-0.25, -0.2) is 9.97 Å². The Hall–Kier alpha value is -2.01. The Kier molecular flexibility index (Phi) is 3.72. The van der Waals surface area contributed by atoms with E-state index in [0.717, 1.165) is 5.69 Å². The van der Waals surface area contributed by atoms with Crippen LogP contribution in [0.5, 0.6) is 0 Å². The van der Waals surface area contributed by atoms with Gasteiger partial charge in [0.05, 0.1) is 10.6 Å². The Morgan fingerprint density at radius 2 is 1.75 bits per heavy atom. The molecule has 1 aromatic carbocycles. The molecule has 104 valence electrons. The fourth-order valence-electron chi connectivity index (χ4n) is 1.66. The van der Waals surface area contributed by atoms with E-state index in [2.05, 4.69) is 9.97 Å². The van der Waals surface area contributed by atoms with Crippen molar-refractivity contribution in [3.63, 3.8) is 0 Å². The smallest absolute Gasteiger partial charge is 0.258 e. The molecule has 2 aromatic rings. The predicted octanol–water partition coefficient (Wildman–Crippen LogP) is 4.00. The molecule has 0 atom stereocenters. The van der Waals surface area contributed by atoms with E-state index in [-0.39, 0.29) is 11.1 Å². The number of nitrogens with zero attached hydrogens (tertiary/aromatic N) is 3. The van der Waals surface area contributed by atoms with Gasteiger partial charge in [-0.1, -0.05) is 32.4 Å². The molecule has 0 aliphatic rings. The summed E-state index contributed by atoms with van der Waals surface area (Å²) in [5.41, 5.74) is 1.41. The van der Waals surface area contributed by atoms with Gasteiger partial charge in [-0.3, -0.25) is 10.1 Å². The van der Waals surface area contributed by atoms with Crippen LogP contribution in [-0.4, -0.2) is 14.9 Å². The fraction of sp³-hybridized carbons (Fsp3) is 0.286. The summed E-state index contributed by atoms with van der Waals surface area (Å²) in [6.07, 6.45) is 0. The molecular weight excluding hydrogens is 278 g/mol.